The largest absolute Gasteiger partial charge is 0.459 e. The average Bonchev–Trinajstić information content (AvgIpc) is 3.44. The molecule has 0 saturated carbocycles. The molecular weight excluding hydrogens is 438 g/mol. The lowest BCUT2D eigenvalue weighted by Gasteiger charge is -2.28. The van der Waals surface area contributed by atoms with E-state index in [0.29, 0.717) is 24.2 Å². The van der Waals surface area contributed by atoms with Crippen molar-refractivity contribution in [1.29, 1.82) is 0 Å². The Morgan fingerprint density at radius 3 is 2.85 bits per heavy atom. The first kappa shape index (κ1) is 23.5. The van der Waals surface area contributed by atoms with E-state index in [1.165, 1.54) is 0 Å². The lowest BCUT2D eigenvalue weighted by Crippen LogP contribution is -2.34. The highest BCUT2D eigenvalue weighted by atomic mass is 16.7. The molecule has 4 rings (SSSR count). The lowest BCUT2D eigenvalue weighted by atomic mass is 9.93. The molecule has 0 unspecified atom stereocenters. The number of allylic oxidation sites excluding steroid dienone is 1. The summed E-state index contributed by atoms with van der Waals surface area (Å²) in [7, 11) is 1.84. The molecule has 2 atom stereocenters. The number of H-pyrrole nitrogens is 1. The van der Waals surface area contributed by atoms with Crippen molar-refractivity contribution in [2.24, 2.45) is 7.05 Å². The van der Waals surface area contributed by atoms with Crippen LogP contribution in [0.15, 0.2) is 59.4 Å². The molecule has 3 aromatic rings. The zero-order chi connectivity index (χ0) is 24.1. The van der Waals surface area contributed by atoms with Gasteiger partial charge in [-0.1, -0.05) is 18.2 Å². The molecule has 3 N–H and O–H groups in total. The fourth-order valence-corrected chi connectivity index (χ4v) is 4.06. The number of nitrogens with one attached hydrogen (secondary N) is 2. The summed E-state index contributed by atoms with van der Waals surface area (Å²) in [5.74, 6) is -0.109. The van der Waals surface area contributed by atoms with E-state index in [0.717, 1.165) is 11.4 Å². The van der Waals surface area contributed by atoms with E-state index in [9.17, 15) is 9.59 Å². The highest BCUT2D eigenvalue weighted by Gasteiger charge is 2.33. The van der Waals surface area contributed by atoms with Crippen LogP contribution in [0.1, 0.15) is 35.8 Å². The number of nitrogens with zero attached hydrogens (tertiary/aromatic N) is 3. The van der Waals surface area contributed by atoms with Crippen molar-refractivity contribution in [3.05, 3.63) is 82.0 Å². The smallest absolute Gasteiger partial charge is 0.286 e. The SMILES string of the molecule is Cc1c([C@@H]2C=C(C(=O)NCc3ncc[nH]3)O[C@H](OCCCO)C2)c(=O)n(-c2ccccc2)n1C. The Labute approximate surface area is 196 Å². The van der Waals surface area contributed by atoms with Gasteiger partial charge in [-0.2, -0.15) is 0 Å². The van der Waals surface area contributed by atoms with Crippen LogP contribution in [0.4, 0.5) is 0 Å². The molecule has 0 radical (unpaired) electrons. The quantitative estimate of drug-likeness (QED) is 0.411. The zero-order valence-corrected chi connectivity index (χ0v) is 19.2. The summed E-state index contributed by atoms with van der Waals surface area (Å²) < 4.78 is 15.0. The van der Waals surface area contributed by atoms with E-state index in [2.05, 4.69) is 15.3 Å². The second-order valence-electron chi connectivity index (χ2n) is 8.06. The number of aliphatic hydroxyl groups is 1. The average molecular weight is 468 g/mol. The van der Waals surface area contributed by atoms with Crippen molar-refractivity contribution in [3.8, 4) is 5.69 Å². The van der Waals surface area contributed by atoms with E-state index >= 15 is 0 Å². The highest BCUT2D eigenvalue weighted by Crippen LogP contribution is 2.32. The minimum absolute atomic E-state index is 0.0118. The Bertz CT molecular complexity index is 1200. The van der Waals surface area contributed by atoms with Gasteiger partial charge in [0.05, 0.1) is 18.8 Å². The lowest BCUT2D eigenvalue weighted by molar-refractivity contribution is -0.147. The summed E-state index contributed by atoms with van der Waals surface area (Å²) in [6.07, 6.45) is 5.05. The summed E-state index contributed by atoms with van der Waals surface area (Å²) in [5.41, 5.74) is 1.98. The molecule has 2 aromatic heterocycles. The van der Waals surface area contributed by atoms with Crippen molar-refractivity contribution in [1.82, 2.24) is 24.6 Å². The summed E-state index contributed by atoms with van der Waals surface area (Å²) >= 11 is 0. The Balaban J connectivity index is 1.65. The van der Waals surface area contributed by atoms with E-state index < -0.39 is 12.2 Å². The molecule has 0 spiro atoms. The molecule has 1 aliphatic rings. The maximum Gasteiger partial charge on any atom is 0.286 e. The van der Waals surface area contributed by atoms with E-state index in [1.807, 2.05) is 49.0 Å². The summed E-state index contributed by atoms with van der Waals surface area (Å²) in [6.45, 7) is 2.36. The minimum Gasteiger partial charge on any atom is -0.459 e. The number of amides is 1. The number of hydrogen-bond donors (Lipinski definition) is 3. The number of rotatable bonds is 9. The van der Waals surface area contributed by atoms with Crippen molar-refractivity contribution in [2.45, 2.75) is 38.5 Å². The van der Waals surface area contributed by atoms with Gasteiger partial charge in [-0.3, -0.25) is 14.3 Å². The summed E-state index contributed by atoms with van der Waals surface area (Å²) in [6, 6.07) is 9.40. The van der Waals surface area contributed by atoms with Crippen LogP contribution in [0.25, 0.3) is 5.69 Å². The van der Waals surface area contributed by atoms with Gasteiger partial charge in [-0.25, -0.2) is 9.67 Å². The predicted molar refractivity (Wildman–Crippen MR) is 124 cm³/mol. The first-order valence-corrected chi connectivity index (χ1v) is 11.2. The Morgan fingerprint density at radius 2 is 2.15 bits per heavy atom. The molecule has 10 heteroatoms. The van der Waals surface area contributed by atoms with Crippen LogP contribution >= 0.6 is 0 Å². The number of carbonyl (C=O) groups excluding carboxylic acids is 1. The number of ether oxygens (including phenoxy) is 2. The minimum atomic E-state index is -0.727. The molecule has 180 valence electrons. The molecule has 0 bridgehead atoms. The highest BCUT2D eigenvalue weighted by molar-refractivity contribution is 5.91. The number of aromatic amines is 1. The fourth-order valence-electron chi connectivity index (χ4n) is 4.06. The van der Waals surface area contributed by atoms with E-state index in [1.54, 1.807) is 23.2 Å². The van der Waals surface area contributed by atoms with Gasteiger partial charge in [0.25, 0.3) is 11.5 Å². The molecule has 34 heavy (non-hydrogen) atoms. The summed E-state index contributed by atoms with van der Waals surface area (Å²) in [5, 5.41) is 11.9. The molecule has 1 aromatic carbocycles. The predicted octanol–water partition coefficient (Wildman–Crippen LogP) is 1.64. The van der Waals surface area contributed by atoms with Crippen LogP contribution in [0, 0.1) is 6.92 Å². The first-order valence-electron chi connectivity index (χ1n) is 11.2. The van der Waals surface area contributed by atoms with Gasteiger partial charge in [0.15, 0.2) is 5.76 Å². The van der Waals surface area contributed by atoms with Gasteiger partial charge in [-0.15, -0.1) is 0 Å². The van der Waals surface area contributed by atoms with Crippen LogP contribution in [-0.2, 0) is 27.9 Å². The second-order valence-corrected chi connectivity index (χ2v) is 8.06. The third-order valence-corrected chi connectivity index (χ3v) is 5.83. The van der Waals surface area contributed by atoms with Gasteiger partial charge in [0.2, 0.25) is 6.29 Å². The molecule has 0 aliphatic carbocycles. The number of imidazole rings is 1. The number of benzene rings is 1. The van der Waals surface area contributed by atoms with E-state index in [4.69, 9.17) is 14.6 Å². The van der Waals surface area contributed by atoms with E-state index in [-0.39, 0.29) is 37.0 Å². The number of hydrogen-bond acceptors (Lipinski definition) is 6. The van der Waals surface area contributed by atoms with Gasteiger partial charge in [0, 0.05) is 49.6 Å². The van der Waals surface area contributed by atoms with Crippen LogP contribution in [0.5, 0.6) is 0 Å². The number of para-hydroxylation sites is 1. The molecule has 1 aliphatic heterocycles. The molecule has 3 heterocycles. The van der Waals surface area contributed by atoms with Crippen LogP contribution in [0.3, 0.4) is 0 Å². The number of aromatic nitrogens is 4. The Kier molecular flexibility index (Phi) is 7.29. The zero-order valence-electron chi connectivity index (χ0n) is 19.2. The van der Waals surface area contributed by atoms with Crippen LogP contribution in [-0.4, -0.2) is 49.8 Å². The first-order chi connectivity index (χ1) is 16.5. The molecular formula is C24H29N5O5. The maximum atomic E-state index is 13.5. The topological polar surface area (TPSA) is 123 Å². The maximum absolute atomic E-state index is 13.5. The van der Waals surface area contributed by atoms with Crippen LogP contribution in [0.2, 0.25) is 0 Å². The normalized spacial score (nSPS) is 17.8. The summed E-state index contributed by atoms with van der Waals surface area (Å²) in [4.78, 5) is 33.4. The molecule has 0 saturated heterocycles. The third kappa shape index (κ3) is 4.97. The van der Waals surface area contributed by atoms with Crippen LogP contribution < -0.4 is 10.9 Å². The fraction of sp³-hybridized carbons (Fsp3) is 0.375. The van der Waals surface area contributed by atoms with Crippen molar-refractivity contribution in [3.63, 3.8) is 0 Å². The molecule has 10 nitrogen and oxygen atoms in total. The van der Waals surface area contributed by atoms with Crippen molar-refractivity contribution >= 4 is 5.91 Å². The standard InChI is InChI=1S/C24H29N5O5/c1-16-22(24(32)29(28(16)2)18-7-4-3-5-8-18)17-13-19(34-21(14-17)33-12-6-11-30)23(31)27-15-20-25-9-10-26-20/h3-5,7-10,13,17,21,30H,6,11-12,14-15H2,1-2H3,(H,25,26)(H,27,31)/t17-,21+/m1/s1. The Hall–Kier alpha value is -3.63. The molecule has 0 fully saturated rings. The van der Waals surface area contributed by atoms with Gasteiger partial charge in [-0.05, 0) is 31.6 Å². The number of aliphatic hydroxyl groups excluding tert-OH is 1. The third-order valence-electron chi connectivity index (χ3n) is 5.83. The van der Waals surface area contributed by atoms with Crippen molar-refractivity contribution in [2.75, 3.05) is 13.2 Å². The molecule has 1 amide bonds. The van der Waals surface area contributed by atoms with Crippen molar-refractivity contribution < 1.29 is 19.4 Å². The van der Waals surface area contributed by atoms with Gasteiger partial charge >= 0.3 is 0 Å². The second kappa shape index (κ2) is 10.5. The van der Waals surface area contributed by atoms with Gasteiger partial charge < -0.3 is 24.9 Å². The Morgan fingerprint density at radius 1 is 1.35 bits per heavy atom. The van der Waals surface area contributed by atoms with Gasteiger partial charge in [0.1, 0.15) is 5.82 Å². The number of carbonyl (C=O) groups is 1. The monoisotopic (exact) mass is 467 g/mol.